The van der Waals surface area contributed by atoms with Crippen molar-refractivity contribution in [3.05, 3.63) is 29.8 Å². The molecule has 1 aromatic carbocycles. The molecule has 5 heteroatoms. The molecule has 5 nitrogen and oxygen atoms in total. The molecule has 1 amide bonds. The molecule has 0 spiro atoms. The summed E-state index contributed by atoms with van der Waals surface area (Å²) in [6.45, 7) is 1.69. The number of nitrogens with zero attached hydrogens (tertiary/aromatic N) is 2. The van der Waals surface area contributed by atoms with Crippen LogP contribution in [0.15, 0.2) is 24.3 Å². The van der Waals surface area contributed by atoms with Crippen LogP contribution in [0, 0.1) is 0 Å². The first-order chi connectivity index (χ1) is 9.97. The highest BCUT2D eigenvalue weighted by atomic mass is 16.3. The van der Waals surface area contributed by atoms with Crippen molar-refractivity contribution in [1.29, 1.82) is 0 Å². The number of amides is 1. The summed E-state index contributed by atoms with van der Waals surface area (Å²) in [6.07, 6.45) is 2.61. The van der Waals surface area contributed by atoms with E-state index in [-0.39, 0.29) is 17.7 Å². The van der Waals surface area contributed by atoms with Gasteiger partial charge in [0.2, 0.25) is 5.91 Å². The number of hydrogen-bond donors (Lipinski definition) is 2. The number of phenolic OH excluding ortho intramolecular Hbond substituents is 1. The van der Waals surface area contributed by atoms with E-state index in [0.29, 0.717) is 6.42 Å². The van der Waals surface area contributed by atoms with Crippen molar-refractivity contribution in [2.75, 3.05) is 27.2 Å². The van der Waals surface area contributed by atoms with Gasteiger partial charge in [-0.2, -0.15) is 0 Å². The van der Waals surface area contributed by atoms with Gasteiger partial charge >= 0.3 is 0 Å². The van der Waals surface area contributed by atoms with Crippen molar-refractivity contribution < 1.29 is 9.90 Å². The SMILES string of the molecule is CN(C)CC1CCCN1C(=O)[C@@H](N)Cc1ccc(O)cc1. The van der Waals surface area contributed by atoms with Crippen LogP contribution < -0.4 is 5.73 Å². The first-order valence-electron chi connectivity index (χ1n) is 7.46. The van der Waals surface area contributed by atoms with Gasteiger partial charge in [-0.25, -0.2) is 0 Å². The highest BCUT2D eigenvalue weighted by Gasteiger charge is 2.31. The van der Waals surface area contributed by atoms with Crippen LogP contribution in [-0.4, -0.2) is 60.1 Å². The Balaban J connectivity index is 1.96. The number of likely N-dealkylation sites (N-methyl/N-ethyl adjacent to an activating group) is 1. The second-order valence-electron chi connectivity index (χ2n) is 6.07. The molecule has 116 valence electrons. The van der Waals surface area contributed by atoms with E-state index in [2.05, 4.69) is 4.90 Å². The standard InChI is InChI=1S/C16H25N3O2/c1-18(2)11-13-4-3-9-19(13)16(21)15(17)10-12-5-7-14(20)8-6-12/h5-8,13,15,20H,3-4,9-11,17H2,1-2H3/t13?,15-/m0/s1. The Hall–Kier alpha value is -1.59. The number of carbonyl (C=O) groups is 1. The predicted octanol–water partition coefficient (Wildman–Crippen LogP) is 0.815. The Morgan fingerprint density at radius 2 is 2.10 bits per heavy atom. The molecule has 1 heterocycles. The summed E-state index contributed by atoms with van der Waals surface area (Å²) in [5.41, 5.74) is 7.06. The minimum absolute atomic E-state index is 0.0347. The Morgan fingerprint density at radius 3 is 2.71 bits per heavy atom. The summed E-state index contributed by atoms with van der Waals surface area (Å²) in [7, 11) is 4.05. The topological polar surface area (TPSA) is 69.8 Å². The molecule has 0 radical (unpaired) electrons. The summed E-state index contributed by atoms with van der Waals surface area (Å²) >= 11 is 0. The number of likely N-dealkylation sites (tertiary alicyclic amines) is 1. The largest absolute Gasteiger partial charge is 0.508 e. The zero-order chi connectivity index (χ0) is 15.4. The number of carbonyl (C=O) groups excluding carboxylic acids is 1. The van der Waals surface area contributed by atoms with Gasteiger partial charge in [-0.05, 0) is 51.1 Å². The fraction of sp³-hybridized carbons (Fsp3) is 0.562. The van der Waals surface area contributed by atoms with Crippen LogP contribution in [0.5, 0.6) is 5.75 Å². The van der Waals surface area contributed by atoms with Gasteiger partial charge in [0.25, 0.3) is 0 Å². The van der Waals surface area contributed by atoms with Crippen LogP contribution in [0.1, 0.15) is 18.4 Å². The molecule has 1 aliphatic rings. The van der Waals surface area contributed by atoms with Gasteiger partial charge in [0.1, 0.15) is 5.75 Å². The average molecular weight is 291 g/mol. The van der Waals surface area contributed by atoms with Crippen molar-refractivity contribution in [3.8, 4) is 5.75 Å². The molecule has 0 bridgehead atoms. The number of phenols is 1. The van der Waals surface area contributed by atoms with Crippen molar-refractivity contribution in [2.45, 2.75) is 31.3 Å². The van der Waals surface area contributed by atoms with Crippen LogP contribution in [-0.2, 0) is 11.2 Å². The molecule has 1 fully saturated rings. The molecule has 0 saturated carbocycles. The Labute approximate surface area is 126 Å². The normalized spacial score (nSPS) is 20.0. The van der Waals surface area contributed by atoms with Gasteiger partial charge in [0, 0.05) is 19.1 Å². The third-order valence-electron chi connectivity index (χ3n) is 3.95. The van der Waals surface area contributed by atoms with Crippen LogP contribution in [0.4, 0.5) is 0 Å². The average Bonchev–Trinajstić information content (AvgIpc) is 2.87. The molecule has 21 heavy (non-hydrogen) atoms. The van der Waals surface area contributed by atoms with Crippen molar-refractivity contribution in [2.24, 2.45) is 5.73 Å². The minimum atomic E-state index is -0.516. The molecule has 3 N–H and O–H groups in total. The van der Waals surface area contributed by atoms with E-state index in [1.165, 1.54) is 0 Å². The number of aromatic hydroxyl groups is 1. The summed E-state index contributed by atoms with van der Waals surface area (Å²) in [6, 6.07) is 6.62. The van der Waals surface area contributed by atoms with E-state index < -0.39 is 6.04 Å². The summed E-state index contributed by atoms with van der Waals surface area (Å²) < 4.78 is 0. The number of hydrogen-bond acceptors (Lipinski definition) is 4. The molecule has 0 aromatic heterocycles. The molecule has 2 atom stereocenters. The molecular weight excluding hydrogens is 266 g/mol. The lowest BCUT2D eigenvalue weighted by Crippen LogP contribution is -2.49. The van der Waals surface area contributed by atoms with Crippen molar-refractivity contribution in [1.82, 2.24) is 9.80 Å². The molecule has 1 aromatic rings. The third kappa shape index (κ3) is 4.19. The van der Waals surface area contributed by atoms with Gasteiger partial charge in [0.15, 0.2) is 0 Å². The van der Waals surface area contributed by atoms with E-state index in [9.17, 15) is 9.90 Å². The molecule has 1 unspecified atom stereocenters. The lowest BCUT2D eigenvalue weighted by Gasteiger charge is -2.29. The third-order valence-corrected chi connectivity index (χ3v) is 3.95. The van der Waals surface area contributed by atoms with Gasteiger partial charge in [-0.3, -0.25) is 4.79 Å². The van der Waals surface area contributed by atoms with Crippen LogP contribution in [0.3, 0.4) is 0 Å². The molecule has 1 aliphatic heterocycles. The Bertz CT molecular complexity index is 473. The number of benzene rings is 1. The first kappa shape index (κ1) is 15.8. The lowest BCUT2D eigenvalue weighted by molar-refractivity contribution is -0.133. The minimum Gasteiger partial charge on any atom is -0.508 e. The van der Waals surface area contributed by atoms with E-state index >= 15 is 0 Å². The maximum Gasteiger partial charge on any atom is 0.240 e. The predicted molar refractivity (Wildman–Crippen MR) is 83.1 cm³/mol. The highest BCUT2D eigenvalue weighted by molar-refractivity contribution is 5.82. The van der Waals surface area contributed by atoms with Crippen LogP contribution in [0.2, 0.25) is 0 Å². The Morgan fingerprint density at radius 1 is 1.43 bits per heavy atom. The van der Waals surface area contributed by atoms with Crippen molar-refractivity contribution in [3.63, 3.8) is 0 Å². The fourth-order valence-corrected chi connectivity index (χ4v) is 2.92. The fourth-order valence-electron chi connectivity index (χ4n) is 2.92. The van der Waals surface area contributed by atoms with Crippen LogP contribution >= 0.6 is 0 Å². The summed E-state index contributed by atoms with van der Waals surface area (Å²) in [4.78, 5) is 16.6. The summed E-state index contributed by atoms with van der Waals surface area (Å²) in [5.74, 6) is 0.261. The molecule has 0 aliphatic carbocycles. The second-order valence-corrected chi connectivity index (χ2v) is 6.07. The van der Waals surface area contributed by atoms with Crippen molar-refractivity contribution >= 4 is 5.91 Å². The van der Waals surface area contributed by atoms with E-state index in [1.807, 2.05) is 31.1 Å². The highest BCUT2D eigenvalue weighted by Crippen LogP contribution is 2.19. The maximum absolute atomic E-state index is 12.5. The smallest absolute Gasteiger partial charge is 0.240 e. The molecular formula is C16H25N3O2. The zero-order valence-corrected chi connectivity index (χ0v) is 12.8. The van der Waals surface area contributed by atoms with Gasteiger partial charge in [-0.1, -0.05) is 12.1 Å². The second kappa shape index (κ2) is 6.91. The Kier molecular flexibility index (Phi) is 5.20. The molecule has 1 saturated heterocycles. The van der Waals surface area contributed by atoms with E-state index in [0.717, 1.165) is 31.5 Å². The first-order valence-corrected chi connectivity index (χ1v) is 7.46. The molecule has 2 rings (SSSR count). The van der Waals surface area contributed by atoms with E-state index in [1.54, 1.807) is 12.1 Å². The van der Waals surface area contributed by atoms with Gasteiger partial charge in [0.05, 0.1) is 6.04 Å². The number of nitrogens with two attached hydrogens (primary N) is 1. The lowest BCUT2D eigenvalue weighted by atomic mass is 10.0. The van der Waals surface area contributed by atoms with E-state index in [4.69, 9.17) is 5.73 Å². The van der Waals surface area contributed by atoms with Gasteiger partial charge in [-0.15, -0.1) is 0 Å². The number of rotatable bonds is 5. The van der Waals surface area contributed by atoms with Crippen LogP contribution in [0.25, 0.3) is 0 Å². The summed E-state index contributed by atoms with van der Waals surface area (Å²) in [5, 5.41) is 9.28. The maximum atomic E-state index is 12.5. The quantitative estimate of drug-likeness (QED) is 0.842. The van der Waals surface area contributed by atoms with Gasteiger partial charge < -0.3 is 20.6 Å². The monoisotopic (exact) mass is 291 g/mol. The zero-order valence-electron chi connectivity index (χ0n) is 12.8.